The molecule has 1 aliphatic heterocycles. The Kier molecular flexibility index (Phi) is 7.48. The quantitative estimate of drug-likeness (QED) is 0.456. The summed E-state index contributed by atoms with van der Waals surface area (Å²) in [6.45, 7) is 1.16. The van der Waals surface area contributed by atoms with Crippen molar-refractivity contribution in [3.8, 4) is 0 Å². The Morgan fingerprint density at radius 3 is 2.57 bits per heavy atom. The maximum absolute atomic E-state index is 13.8. The lowest BCUT2D eigenvalue weighted by molar-refractivity contribution is -0.192. The van der Waals surface area contributed by atoms with Gasteiger partial charge in [0, 0.05) is 25.6 Å². The first-order chi connectivity index (χ1) is 16.4. The fourth-order valence-electron chi connectivity index (χ4n) is 3.48. The van der Waals surface area contributed by atoms with E-state index in [4.69, 9.17) is 15.6 Å². The number of aromatic amines is 1. The number of carbonyl (C=O) groups is 2. The summed E-state index contributed by atoms with van der Waals surface area (Å²) in [5.74, 6) is -3.45. The van der Waals surface area contributed by atoms with E-state index in [9.17, 15) is 31.5 Å². The molecule has 0 radical (unpaired) electrons. The highest BCUT2D eigenvalue weighted by Crippen LogP contribution is 2.19. The number of carbonyl (C=O) groups excluding carboxylic acids is 1. The number of carboxylic acids is 1. The van der Waals surface area contributed by atoms with Crippen LogP contribution in [-0.2, 0) is 29.1 Å². The molecule has 15 heteroatoms. The van der Waals surface area contributed by atoms with Gasteiger partial charge >= 0.3 is 12.1 Å². The summed E-state index contributed by atoms with van der Waals surface area (Å²) >= 11 is 0. The molecule has 2 aromatic heterocycles. The van der Waals surface area contributed by atoms with Gasteiger partial charge in [-0.3, -0.25) is 9.59 Å². The lowest BCUT2D eigenvalue weighted by Gasteiger charge is -2.29. The van der Waals surface area contributed by atoms with Crippen LogP contribution < -0.4 is 11.3 Å². The number of aliphatic carboxylic acids is 1. The van der Waals surface area contributed by atoms with Gasteiger partial charge in [0.05, 0.1) is 18.3 Å². The van der Waals surface area contributed by atoms with E-state index in [1.54, 1.807) is 4.90 Å². The SMILES string of the molecule is N[C@@H](CC(=O)N1CCn2c(nc3c(=O)[nH]ncc32)C1)Cc1cc(F)ccc1F.O=C(O)C(F)(F)F. The Morgan fingerprint density at radius 1 is 1.23 bits per heavy atom. The molecule has 1 amide bonds. The Balaban J connectivity index is 0.000000429. The number of imidazole rings is 1. The van der Waals surface area contributed by atoms with Gasteiger partial charge in [-0.2, -0.15) is 18.3 Å². The average Bonchev–Trinajstić information content (AvgIpc) is 3.15. The van der Waals surface area contributed by atoms with Crippen LogP contribution in [-0.4, -0.2) is 60.4 Å². The molecule has 4 rings (SSSR count). The summed E-state index contributed by atoms with van der Waals surface area (Å²) in [5.41, 5.74) is 6.68. The molecule has 0 fully saturated rings. The zero-order chi connectivity index (χ0) is 25.9. The van der Waals surface area contributed by atoms with Gasteiger partial charge in [-0.25, -0.2) is 23.7 Å². The summed E-state index contributed by atoms with van der Waals surface area (Å²) in [7, 11) is 0. The third kappa shape index (κ3) is 6.17. The monoisotopic (exact) mass is 502 g/mol. The van der Waals surface area contributed by atoms with Gasteiger partial charge in [0.1, 0.15) is 17.5 Å². The maximum Gasteiger partial charge on any atom is 0.490 e. The minimum atomic E-state index is -5.08. The number of halogens is 5. The van der Waals surface area contributed by atoms with E-state index in [1.165, 1.54) is 6.20 Å². The van der Waals surface area contributed by atoms with Crippen molar-refractivity contribution in [2.75, 3.05) is 6.54 Å². The largest absolute Gasteiger partial charge is 0.490 e. The summed E-state index contributed by atoms with van der Waals surface area (Å²) in [4.78, 5) is 39.3. The zero-order valence-corrected chi connectivity index (χ0v) is 17.9. The van der Waals surface area contributed by atoms with Gasteiger partial charge in [-0.1, -0.05) is 0 Å². The smallest absolute Gasteiger partial charge is 0.475 e. The van der Waals surface area contributed by atoms with E-state index in [-0.39, 0.29) is 41.9 Å². The van der Waals surface area contributed by atoms with Crippen molar-refractivity contribution in [2.45, 2.75) is 38.1 Å². The van der Waals surface area contributed by atoms with Crippen molar-refractivity contribution in [3.63, 3.8) is 0 Å². The van der Waals surface area contributed by atoms with Gasteiger partial charge in [0.15, 0.2) is 5.52 Å². The number of carboxylic acid groups (broad SMARTS) is 1. The van der Waals surface area contributed by atoms with E-state index < -0.39 is 29.8 Å². The minimum Gasteiger partial charge on any atom is -0.475 e. The molecule has 1 atom stereocenters. The number of H-pyrrole nitrogens is 1. The molecule has 0 saturated carbocycles. The van der Waals surface area contributed by atoms with E-state index in [0.717, 1.165) is 18.2 Å². The molecule has 10 nitrogen and oxygen atoms in total. The van der Waals surface area contributed by atoms with Crippen molar-refractivity contribution in [1.29, 1.82) is 0 Å². The number of hydrogen-bond acceptors (Lipinski definition) is 6. The molecule has 1 aliphatic rings. The van der Waals surface area contributed by atoms with Crippen LogP contribution in [0.1, 0.15) is 17.8 Å². The normalized spacial score (nSPS) is 14.2. The molecule has 3 aromatic rings. The average molecular weight is 502 g/mol. The number of amides is 1. The van der Waals surface area contributed by atoms with Gasteiger partial charge in [-0.15, -0.1) is 0 Å². The Hall–Kier alpha value is -3.88. The zero-order valence-electron chi connectivity index (χ0n) is 17.9. The van der Waals surface area contributed by atoms with Gasteiger partial charge in [-0.05, 0) is 30.2 Å². The Bertz CT molecular complexity index is 1310. The van der Waals surface area contributed by atoms with Crippen LogP contribution in [0.4, 0.5) is 22.0 Å². The van der Waals surface area contributed by atoms with E-state index in [0.29, 0.717) is 24.4 Å². The first-order valence-electron chi connectivity index (χ1n) is 10.1. The van der Waals surface area contributed by atoms with Gasteiger partial charge in [0.25, 0.3) is 5.56 Å². The van der Waals surface area contributed by atoms with Crippen molar-refractivity contribution in [3.05, 3.63) is 57.8 Å². The highest BCUT2D eigenvalue weighted by Gasteiger charge is 2.38. The van der Waals surface area contributed by atoms with Crippen LogP contribution in [0.15, 0.2) is 29.2 Å². The summed E-state index contributed by atoms with van der Waals surface area (Å²) in [6.07, 6.45) is -3.49. The fourth-order valence-corrected chi connectivity index (χ4v) is 3.48. The number of alkyl halides is 3. The minimum absolute atomic E-state index is 0.00167. The number of rotatable bonds is 4. The number of nitrogens with one attached hydrogen (secondary N) is 1. The van der Waals surface area contributed by atoms with Gasteiger partial charge < -0.3 is 20.3 Å². The van der Waals surface area contributed by atoms with Crippen LogP contribution in [0.3, 0.4) is 0 Å². The second-order valence-electron chi connectivity index (χ2n) is 7.63. The van der Waals surface area contributed by atoms with Crippen LogP contribution in [0.5, 0.6) is 0 Å². The molecular weight excluding hydrogens is 483 g/mol. The van der Waals surface area contributed by atoms with E-state index in [2.05, 4.69) is 15.2 Å². The molecule has 1 aromatic carbocycles. The second-order valence-corrected chi connectivity index (χ2v) is 7.63. The second kappa shape index (κ2) is 10.2. The van der Waals surface area contributed by atoms with Crippen molar-refractivity contribution < 1.29 is 36.6 Å². The molecule has 0 saturated heterocycles. The van der Waals surface area contributed by atoms with Crippen molar-refractivity contribution >= 4 is 22.9 Å². The molecule has 188 valence electrons. The van der Waals surface area contributed by atoms with E-state index >= 15 is 0 Å². The number of benzene rings is 1. The lowest BCUT2D eigenvalue weighted by atomic mass is 10.0. The molecular formula is C20H19F5N6O4. The number of nitrogens with two attached hydrogens (primary N) is 1. The fraction of sp³-hybridized carbons (Fsp3) is 0.350. The third-order valence-corrected chi connectivity index (χ3v) is 5.10. The van der Waals surface area contributed by atoms with Crippen molar-refractivity contribution in [2.24, 2.45) is 5.73 Å². The van der Waals surface area contributed by atoms with E-state index in [1.807, 2.05) is 4.57 Å². The van der Waals surface area contributed by atoms with Crippen molar-refractivity contribution in [1.82, 2.24) is 24.6 Å². The molecule has 0 spiro atoms. The molecule has 4 N–H and O–H groups in total. The lowest BCUT2D eigenvalue weighted by Crippen LogP contribution is -2.41. The Morgan fingerprint density at radius 2 is 1.91 bits per heavy atom. The van der Waals surface area contributed by atoms with Crippen LogP contribution >= 0.6 is 0 Å². The number of fused-ring (bicyclic) bond motifs is 3. The Labute approximate surface area is 193 Å². The van der Waals surface area contributed by atoms with Crippen LogP contribution in [0.25, 0.3) is 11.0 Å². The third-order valence-electron chi connectivity index (χ3n) is 5.10. The standard InChI is InChI=1S/C18H18F2N6O2.C2HF3O2/c19-11-1-2-13(20)10(5-11)6-12(21)7-16(27)25-3-4-26-14-8-22-24-18(28)17(14)23-15(26)9-25;3-2(4,5)1(6)7/h1-2,5,8,12H,3-4,6-7,9,21H2,(H,24,28);(H,6,7)/t12-;/m1./s1. The molecule has 35 heavy (non-hydrogen) atoms. The van der Waals surface area contributed by atoms with Gasteiger partial charge in [0.2, 0.25) is 5.91 Å². The predicted molar refractivity (Wildman–Crippen MR) is 110 cm³/mol. The molecule has 0 bridgehead atoms. The first-order valence-corrected chi connectivity index (χ1v) is 10.1. The predicted octanol–water partition coefficient (Wildman–Crippen LogP) is 1.33. The highest BCUT2D eigenvalue weighted by molar-refractivity contribution is 5.78. The van der Waals surface area contributed by atoms with Crippen LogP contribution in [0, 0.1) is 11.6 Å². The topological polar surface area (TPSA) is 147 Å². The highest BCUT2D eigenvalue weighted by atomic mass is 19.4. The molecule has 0 unspecified atom stereocenters. The first kappa shape index (κ1) is 25.7. The maximum atomic E-state index is 13.8. The molecule has 3 heterocycles. The number of nitrogens with zero attached hydrogens (tertiary/aromatic N) is 4. The number of aromatic nitrogens is 4. The summed E-state index contributed by atoms with van der Waals surface area (Å²) < 4.78 is 60.6. The molecule has 0 aliphatic carbocycles. The van der Waals surface area contributed by atoms with Crippen LogP contribution in [0.2, 0.25) is 0 Å². The number of hydrogen-bond donors (Lipinski definition) is 3. The summed E-state index contributed by atoms with van der Waals surface area (Å²) in [5, 5.41) is 13.3. The summed E-state index contributed by atoms with van der Waals surface area (Å²) in [6, 6.07) is 2.53.